The highest BCUT2D eigenvalue weighted by Crippen LogP contribution is 2.43. The van der Waals surface area contributed by atoms with Crippen LogP contribution >= 0.6 is 12.4 Å². The Kier molecular flexibility index (Phi) is 7.34. The molecule has 33 heavy (non-hydrogen) atoms. The Balaban J connectivity index is 0.00000306. The van der Waals surface area contributed by atoms with Crippen LogP contribution in [0.15, 0.2) is 6.07 Å². The second-order valence-corrected chi connectivity index (χ2v) is 9.87. The highest BCUT2D eigenvalue weighted by Gasteiger charge is 2.42. The zero-order chi connectivity index (χ0) is 23.3. The molecular formula is C23H32ClF3N4O2. The van der Waals surface area contributed by atoms with Gasteiger partial charge in [-0.25, -0.2) is 9.50 Å². The SMILES string of the molecule is Cc1nc2cc([C@H]3CC[C@H](C(F)(F)F)CC3)nn2c([C@]2(C)CCCN(CC(=O)O)C2)c1C.Cl. The minimum Gasteiger partial charge on any atom is -0.480 e. The van der Waals surface area contributed by atoms with E-state index in [2.05, 4.69) is 6.92 Å². The summed E-state index contributed by atoms with van der Waals surface area (Å²) in [5.41, 5.74) is 4.20. The lowest BCUT2D eigenvalue weighted by atomic mass is 9.77. The number of alkyl halides is 3. The predicted molar refractivity (Wildman–Crippen MR) is 121 cm³/mol. The normalized spacial score (nSPS) is 26.8. The topological polar surface area (TPSA) is 70.7 Å². The summed E-state index contributed by atoms with van der Waals surface area (Å²) in [5, 5.41) is 14.1. The van der Waals surface area contributed by atoms with Crippen LogP contribution in [0.25, 0.3) is 5.65 Å². The third kappa shape index (κ3) is 5.14. The minimum absolute atomic E-state index is 0. The monoisotopic (exact) mass is 488 g/mol. The van der Waals surface area contributed by atoms with Crippen molar-refractivity contribution in [3.05, 3.63) is 28.7 Å². The van der Waals surface area contributed by atoms with E-state index in [9.17, 15) is 23.1 Å². The summed E-state index contributed by atoms with van der Waals surface area (Å²) in [6.45, 7) is 7.51. The number of carboxylic acids is 1. The fourth-order valence-corrected chi connectivity index (χ4v) is 5.71. The summed E-state index contributed by atoms with van der Waals surface area (Å²) in [5.74, 6) is -2.04. The van der Waals surface area contributed by atoms with Crippen molar-refractivity contribution in [2.75, 3.05) is 19.6 Å². The molecule has 0 spiro atoms. The first-order valence-corrected chi connectivity index (χ1v) is 11.4. The van der Waals surface area contributed by atoms with Gasteiger partial charge in [0.25, 0.3) is 0 Å². The number of carboxylic acid groups (broad SMARTS) is 1. The Morgan fingerprint density at radius 2 is 1.91 bits per heavy atom. The van der Waals surface area contributed by atoms with Crippen molar-refractivity contribution in [3.63, 3.8) is 0 Å². The van der Waals surface area contributed by atoms with Gasteiger partial charge in [0.1, 0.15) is 0 Å². The smallest absolute Gasteiger partial charge is 0.391 e. The molecule has 0 amide bonds. The molecule has 4 rings (SSSR count). The molecule has 0 aromatic carbocycles. The number of carbonyl (C=O) groups is 1. The van der Waals surface area contributed by atoms with Crippen LogP contribution in [0.1, 0.15) is 74.0 Å². The van der Waals surface area contributed by atoms with Crippen LogP contribution in [0.5, 0.6) is 0 Å². The van der Waals surface area contributed by atoms with Crippen LogP contribution in [-0.2, 0) is 10.2 Å². The van der Waals surface area contributed by atoms with Crippen LogP contribution in [0, 0.1) is 19.8 Å². The lowest BCUT2D eigenvalue weighted by Gasteiger charge is -2.41. The van der Waals surface area contributed by atoms with E-state index in [0.717, 1.165) is 42.0 Å². The molecule has 0 bridgehead atoms. The van der Waals surface area contributed by atoms with E-state index in [1.807, 2.05) is 29.3 Å². The number of piperidine rings is 1. The van der Waals surface area contributed by atoms with Gasteiger partial charge in [-0.2, -0.15) is 18.3 Å². The average molecular weight is 489 g/mol. The van der Waals surface area contributed by atoms with Gasteiger partial charge in [-0.15, -0.1) is 12.4 Å². The Labute approximate surface area is 198 Å². The van der Waals surface area contributed by atoms with Crippen molar-refractivity contribution in [2.45, 2.75) is 76.8 Å². The fourth-order valence-electron chi connectivity index (χ4n) is 5.71. The third-order valence-electron chi connectivity index (χ3n) is 7.42. The van der Waals surface area contributed by atoms with Gasteiger partial charge >= 0.3 is 12.1 Å². The maximum atomic E-state index is 13.1. The number of hydrogen-bond donors (Lipinski definition) is 1. The number of aliphatic carboxylic acids is 1. The number of hydrogen-bond acceptors (Lipinski definition) is 4. The Bertz CT molecular complexity index is 1020. The van der Waals surface area contributed by atoms with Crippen molar-refractivity contribution in [1.82, 2.24) is 19.5 Å². The maximum Gasteiger partial charge on any atom is 0.391 e. The van der Waals surface area contributed by atoms with Crippen LogP contribution in [0.3, 0.4) is 0 Å². The van der Waals surface area contributed by atoms with Crippen molar-refractivity contribution in [1.29, 1.82) is 0 Å². The number of halogens is 4. The second-order valence-electron chi connectivity index (χ2n) is 9.87. The lowest BCUT2D eigenvalue weighted by molar-refractivity contribution is -0.182. The number of nitrogens with zero attached hydrogens (tertiary/aromatic N) is 4. The first-order valence-electron chi connectivity index (χ1n) is 11.4. The predicted octanol–water partition coefficient (Wildman–Crippen LogP) is 5.04. The molecule has 2 aliphatic rings. The summed E-state index contributed by atoms with van der Waals surface area (Å²) >= 11 is 0. The van der Waals surface area contributed by atoms with Gasteiger partial charge in [0, 0.05) is 29.6 Å². The van der Waals surface area contributed by atoms with Crippen molar-refractivity contribution in [3.8, 4) is 0 Å². The summed E-state index contributed by atoms with van der Waals surface area (Å²) in [6.07, 6.45) is -1.08. The Morgan fingerprint density at radius 1 is 1.24 bits per heavy atom. The molecule has 184 valence electrons. The number of fused-ring (bicyclic) bond motifs is 1. The van der Waals surface area contributed by atoms with E-state index in [0.29, 0.717) is 25.0 Å². The van der Waals surface area contributed by atoms with Gasteiger partial charge in [0.05, 0.1) is 23.9 Å². The highest BCUT2D eigenvalue weighted by molar-refractivity contribution is 5.85. The lowest BCUT2D eigenvalue weighted by Crippen LogP contribution is -2.47. The molecular weight excluding hydrogens is 457 g/mol. The first kappa shape index (κ1) is 25.7. The van der Waals surface area contributed by atoms with Gasteiger partial charge in [-0.05, 0) is 64.5 Å². The number of rotatable bonds is 4. The molecule has 10 heteroatoms. The largest absolute Gasteiger partial charge is 0.480 e. The Morgan fingerprint density at radius 3 is 2.52 bits per heavy atom. The maximum absolute atomic E-state index is 13.1. The number of aryl methyl sites for hydroxylation is 1. The molecule has 2 fully saturated rings. The summed E-state index contributed by atoms with van der Waals surface area (Å²) < 4.78 is 41.1. The highest BCUT2D eigenvalue weighted by atomic mass is 35.5. The van der Waals surface area contributed by atoms with Gasteiger partial charge in [0.2, 0.25) is 0 Å². The van der Waals surface area contributed by atoms with Gasteiger partial charge < -0.3 is 5.11 Å². The van der Waals surface area contributed by atoms with Crippen LogP contribution < -0.4 is 0 Å². The third-order valence-corrected chi connectivity index (χ3v) is 7.42. The van der Waals surface area contributed by atoms with Gasteiger partial charge in [-0.3, -0.25) is 9.69 Å². The average Bonchev–Trinajstić information content (AvgIpc) is 3.10. The molecule has 1 saturated heterocycles. The molecule has 1 atom stereocenters. The zero-order valence-corrected chi connectivity index (χ0v) is 20.1. The van der Waals surface area contributed by atoms with Crippen LogP contribution in [0.2, 0.25) is 0 Å². The molecule has 2 aromatic rings. The molecule has 3 heterocycles. The molecule has 1 N–H and O–H groups in total. The van der Waals surface area contributed by atoms with Crippen molar-refractivity contribution < 1.29 is 23.1 Å². The molecule has 0 unspecified atom stereocenters. The molecule has 0 radical (unpaired) electrons. The van der Waals surface area contributed by atoms with Crippen molar-refractivity contribution in [2.24, 2.45) is 5.92 Å². The Hall–Kier alpha value is -1.87. The van der Waals surface area contributed by atoms with E-state index in [-0.39, 0.29) is 43.1 Å². The molecule has 2 aromatic heterocycles. The minimum atomic E-state index is -4.12. The first-order chi connectivity index (χ1) is 15.0. The fraction of sp³-hybridized carbons (Fsp3) is 0.696. The quantitative estimate of drug-likeness (QED) is 0.652. The molecule has 1 saturated carbocycles. The summed E-state index contributed by atoms with van der Waals surface area (Å²) in [4.78, 5) is 18.0. The van der Waals surface area contributed by atoms with E-state index in [4.69, 9.17) is 10.1 Å². The van der Waals surface area contributed by atoms with E-state index < -0.39 is 18.1 Å². The van der Waals surface area contributed by atoms with Gasteiger partial charge in [0.15, 0.2) is 5.65 Å². The molecule has 6 nitrogen and oxygen atoms in total. The number of aromatic nitrogens is 3. The summed E-state index contributed by atoms with van der Waals surface area (Å²) in [6, 6.07) is 1.93. The molecule has 1 aliphatic carbocycles. The second kappa shape index (κ2) is 9.41. The number of likely N-dealkylation sites (tertiary alicyclic amines) is 1. The van der Waals surface area contributed by atoms with E-state index in [1.54, 1.807) is 0 Å². The standard InChI is InChI=1S/C23H31F3N4O2.ClH/c1-14-15(2)27-19-11-18(16-5-7-17(8-6-16)23(24,25)26)28-30(19)21(14)22(3)9-4-10-29(13-22)12-20(31)32;/h11,16-17H,4-10,12-13H2,1-3H3,(H,31,32);1H/t16-,17-,22-;/m1./s1. The van der Waals surface area contributed by atoms with Gasteiger partial charge in [-0.1, -0.05) is 6.92 Å². The van der Waals surface area contributed by atoms with E-state index >= 15 is 0 Å². The van der Waals surface area contributed by atoms with E-state index in [1.165, 1.54) is 0 Å². The molecule has 1 aliphatic heterocycles. The van der Waals surface area contributed by atoms with Crippen LogP contribution in [0.4, 0.5) is 13.2 Å². The zero-order valence-electron chi connectivity index (χ0n) is 19.3. The summed E-state index contributed by atoms with van der Waals surface area (Å²) in [7, 11) is 0. The van der Waals surface area contributed by atoms with Crippen molar-refractivity contribution >= 4 is 24.0 Å². The van der Waals surface area contributed by atoms with Crippen LogP contribution in [-0.4, -0.2) is 56.4 Å².